The van der Waals surface area contributed by atoms with Crippen LogP contribution in [0.3, 0.4) is 0 Å². The number of nitriles is 1. The zero-order chi connectivity index (χ0) is 14.7. The van der Waals surface area contributed by atoms with E-state index in [1.807, 2.05) is 18.2 Å². The maximum atomic E-state index is 11.9. The van der Waals surface area contributed by atoms with Gasteiger partial charge >= 0.3 is 5.69 Å². The van der Waals surface area contributed by atoms with Crippen LogP contribution in [0.1, 0.15) is 11.1 Å². The van der Waals surface area contributed by atoms with Gasteiger partial charge in [0.2, 0.25) is 0 Å². The molecule has 3 aromatic rings. The normalized spacial score (nSPS) is 10.2. The molecule has 0 unspecified atom stereocenters. The summed E-state index contributed by atoms with van der Waals surface area (Å²) in [5.41, 5.74) is 1.84. The molecule has 0 bridgehead atoms. The molecule has 1 N–H and O–H groups in total. The number of nitrogens with zero attached hydrogens (tertiary/aromatic N) is 4. The highest BCUT2D eigenvalue weighted by Gasteiger charge is 2.11. The Morgan fingerprint density at radius 3 is 2.67 bits per heavy atom. The lowest BCUT2D eigenvalue weighted by atomic mass is 10.1. The van der Waals surface area contributed by atoms with Crippen LogP contribution in [0.2, 0.25) is 0 Å². The van der Waals surface area contributed by atoms with Crippen molar-refractivity contribution in [1.82, 2.24) is 19.7 Å². The number of pyridine rings is 1. The molecule has 2 aromatic heterocycles. The monoisotopic (exact) mass is 277 g/mol. The molecule has 0 aliphatic rings. The highest BCUT2D eigenvalue weighted by atomic mass is 16.1. The van der Waals surface area contributed by atoms with Crippen LogP contribution >= 0.6 is 0 Å². The Balaban J connectivity index is 1.97. The average molecular weight is 277 g/mol. The van der Waals surface area contributed by atoms with Crippen LogP contribution in [0.5, 0.6) is 0 Å². The molecular formula is C15H11N5O. The van der Waals surface area contributed by atoms with Crippen molar-refractivity contribution in [2.24, 2.45) is 0 Å². The Hall–Kier alpha value is -3.20. The number of hydrogen-bond acceptors (Lipinski definition) is 4. The second kappa shape index (κ2) is 5.43. The van der Waals surface area contributed by atoms with E-state index in [0.29, 0.717) is 23.6 Å². The molecule has 2 heterocycles. The molecule has 0 radical (unpaired) electrons. The third-order valence-corrected chi connectivity index (χ3v) is 3.08. The van der Waals surface area contributed by atoms with E-state index in [1.165, 1.54) is 4.57 Å². The van der Waals surface area contributed by atoms with E-state index in [1.54, 1.807) is 30.5 Å². The molecule has 102 valence electrons. The van der Waals surface area contributed by atoms with Gasteiger partial charge in [0.25, 0.3) is 0 Å². The summed E-state index contributed by atoms with van der Waals surface area (Å²) in [7, 11) is 0. The molecule has 1 aromatic carbocycles. The molecule has 0 amide bonds. The van der Waals surface area contributed by atoms with Gasteiger partial charge in [0.1, 0.15) is 5.69 Å². The minimum absolute atomic E-state index is 0.292. The number of nitrogens with one attached hydrogen (secondary N) is 1. The van der Waals surface area contributed by atoms with E-state index in [2.05, 4.69) is 21.3 Å². The summed E-state index contributed by atoms with van der Waals surface area (Å²) in [6.07, 6.45) is 1.65. The van der Waals surface area contributed by atoms with Gasteiger partial charge in [-0.15, -0.1) is 0 Å². The van der Waals surface area contributed by atoms with Crippen molar-refractivity contribution in [1.29, 1.82) is 5.26 Å². The lowest BCUT2D eigenvalue weighted by Crippen LogP contribution is -2.18. The van der Waals surface area contributed by atoms with Gasteiger partial charge in [-0.3, -0.25) is 9.55 Å². The van der Waals surface area contributed by atoms with Crippen LogP contribution in [0.4, 0.5) is 0 Å². The van der Waals surface area contributed by atoms with E-state index >= 15 is 0 Å². The van der Waals surface area contributed by atoms with Gasteiger partial charge in [-0.2, -0.15) is 10.4 Å². The molecule has 6 heteroatoms. The van der Waals surface area contributed by atoms with E-state index in [9.17, 15) is 4.79 Å². The maximum absolute atomic E-state index is 11.9. The molecule has 0 atom stereocenters. The van der Waals surface area contributed by atoms with Gasteiger partial charge in [-0.25, -0.2) is 9.89 Å². The number of aromatic nitrogens is 4. The molecule has 6 nitrogen and oxygen atoms in total. The Kier molecular flexibility index (Phi) is 3.31. The first-order chi connectivity index (χ1) is 10.3. The van der Waals surface area contributed by atoms with Gasteiger partial charge in [0, 0.05) is 6.20 Å². The van der Waals surface area contributed by atoms with Gasteiger partial charge in [-0.1, -0.05) is 18.2 Å². The maximum Gasteiger partial charge on any atom is 0.343 e. The predicted molar refractivity (Wildman–Crippen MR) is 76.3 cm³/mol. The van der Waals surface area contributed by atoms with E-state index in [4.69, 9.17) is 5.26 Å². The topological polar surface area (TPSA) is 87.4 Å². The van der Waals surface area contributed by atoms with Crippen LogP contribution in [-0.4, -0.2) is 19.7 Å². The smallest absolute Gasteiger partial charge is 0.269 e. The van der Waals surface area contributed by atoms with Crippen LogP contribution in [0, 0.1) is 11.3 Å². The fraction of sp³-hybridized carbons (Fsp3) is 0.0667. The molecule has 0 aliphatic carbocycles. The van der Waals surface area contributed by atoms with Crippen LogP contribution in [0.25, 0.3) is 11.5 Å². The van der Waals surface area contributed by atoms with Crippen LogP contribution in [-0.2, 0) is 6.54 Å². The standard InChI is InChI=1S/C15H11N5O/c16-9-11-4-6-12(7-5-11)10-20-14(18-19-15(20)21)13-3-1-2-8-17-13/h1-8H,10H2,(H,19,21). The Morgan fingerprint density at radius 2 is 2.00 bits per heavy atom. The zero-order valence-corrected chi connectivity index (χ0v) is 11.0. The van der Waals surface area contributed by atoms with E-state index in [0.717, 1.165) is 5.56 Å². The minimum Gasteiger partial charge on any atom is -0.269 e. The van der Waals surface area contributed by atoms with Crippen molar-refractivity contribution in [3.8, 4) is 17.6 Å². The lowest BCUT2D eigenvalue weighted by molar-refractivity contribution is 0.766. The molecule has 21 heavy (non-hydrogen) atoms. The van der Waals surface area contributed by atoms with Crippen LogP contribution in [0.15, 0.2) is 53.5 Å². The van der Waals surface area contributed by atoms with Crippen LogP contribution < -0.4 is 5.69 Å². The number of H-pyrrole nitrogens is 1. The molecule has 0 saturated carbocycles. The third kappa shape index (κ3) is 2.58. The summed E-state index contributed by atoms with van der Waals surface area (Å²) >= 11 is 0. The van der Waals surface area contributed by atoms with Gasteiger partial charge in [0.15, 0.2) is 5.82 Å². The number of benzene rings is 1. The quantitative estimate of drug-likeness (QED) is 0.786. The predicted octanol–water partition coefficient (Wildman–Crippen LogP) is 1.55. The number of aromatic amines is 1. The average Bonchev–Trinajstić information content (AvgIpc) is 2.90. The summed E-state index contributed by atoms with van der Waals surface area (Å²) < 4.78 is 1.52. The summed E-state index contributed by atoms with van der Waals surface area (Å²) in [4.78, 5) is 16.1. The summed E-state index contributed by atoms with van der Waals surface area (Å²) in [6.45, 7) is 0.368. The molecule has 0 aliphatic heterocycles. The second-order valence-electron chi connectivity index (χ2n) is 4.46. The van der Waals surface area contributed by atoms with Gasteiger partial charge in [-0.05, 0) is 29.8 Å². The summed E-state index contributed by atoms with van der Waals surface area (Å²) in [6, 6.07) is 14.6. The largest absolute Gasteiger partial charge is 0.343 e. The van der Waals surface area contributed by atoms with Gasteiger partial charge < -0.3 is 0 Å². The van der Waals surface area contributed by atoms with Crippen molar-refractivity contribution < 1.29 is 0 Å². The number of hydrogen-bond donors (Lipinski definition) is 1. The second-order valence-corrected chi connectivity index (χ2v) is 4.46. The van der Waals surface area contributed by atoms with Crippen molar-refractivity contribution in [3.63, 3.8) is 0 Å². The number of rotatable bonds is 3. The van der Waals surface area contributed by atoms with Crippen molar-refractivity contribution in [2.45, 2.75) is 6.54 Å². The van der Waals surface area contributed by atoms with E-state index < -0.39 is 0 Å². The Labute approximate surface area is 120 Å². The van der Waals surface area contributed by atoms with Crippen molar-refractivity contribution in [2.75, 3.05) is 0 Å². The lowest BCUT2D eigenvalue weighted by Gasteiger charge is -2.05. The molecule has 0 saturated heterocycles. The molecule has 0 spiro atoms. The zero-order valence-electron chi connectivity index (χ0n) is 11.0. The molecular weight excluding hydrogens is 266 g/mol. The Morgan fingerprint density at radius 1 is 1.19 bits per heavy atom. The fourth-order valence-electron chi connectivity index (χ4n) is 2.02. The highest BCUT2D eigenvalue weighted by Crippen LogP contribution is 2.13. The Bertz CT molecular complexity index is 840. The molecule has 0 fully saturated rings. The first-order valence-corrected chi connectivity index (χ1v) is 6.33. The third-order valence-electron chi connectivity index (χ3n) is 3.08. The first-order valence-electron chi connectivity index (χ1n) is 6.33. The van der Waals surface area contributed by atoms with Gasteiger partial charge in [0.05, 0.1) is 18.2 Å². The summed E-state index contributed by atoms with van der Waals surface area (Å²) in [5.74, 6) is 0.491. The fourth-order valence-corrected chi connectivity index (χ4v) is 2.02. The minimum atomic E-state index is -0.292. The summed E-state index contributed by atoms with van der Waals surface area (Å²) in [5, 5.41) is 15.3. The van der Waals surface area contributed by atoms with E-state index in [-0.39, 0.29) is 5.69 Å². The van der Waals surface area contributed by atoms with Crippen molar-refractivity contribution >= 4 is 0 Å². The molecule has 3 rings (SSSR count). The highest BCUT2D eigenvalue weighted by molar-refractivity contribution is 5.48. The SMILES string of the molecule is N#Cc1ccc(Cn2c(-c3ccccn3)n[nH]c2=O)cc1. The first kappa shape index (κ1) is 12.8. The van der Waals surface area contributed by atoms with Crippen molar-refractivity contribution in [3.05, 3.63) is 70.3 Å².